The minimum atomic E-state index is -0.865. The molecule has 0 spiro atoms. The predicted molar refractivity (Wildman–Crippen MR) is 61.6 cm³/mol. The van der Waals surface area contributed by atoms with Gasteiger partial charge in [-0.2, -0.15) is 0 Å². The van der Waals surface area contributed by atoms with Crippen molar-refractivity contribution in [2.75, 3.05) is 6.54 Å². The molecule has 1 fully saturated rings. The Morgan fingerprint density at radius 1 is 1.38 bits per heavy atom. The zero-order chi connectivity index (χ0) is 11.8. The minimum absolute atomic E-state index is 0.158. The minimum Gasteiger partial charge on any atom is -0.383 e. The van der Waals surface area contributed by atoms with Crippen LogP contribution < -0.4 is 0 Å². The van der Waals surface area contributed by atoms with Gasteiger partial charge in [-0.1, -0.05) is 44.2 Å². The number of aliphatic hydroxyl groups is 1. The van der Waals surface area contributed by atoms with E-state index in [4.69, 9.17) is 0 Å². The highest BCUT2D eigenvalue weighted by Crippen LogP contribution is 2.31. The second-order valence-corrected chi connectivity index (χ2v) is 5.07. The molecule has 1 aromatic rings. The van der Waals surface area contributed by atoms with Gasteiger partial charge >= 0.3 is 0 Å². The van der Waals surface area contributed by atoms with E-state index >= 15 is 0 Å². The highest BCUT2D eigenvalue weighted by atomic mass is 16.3. The second-order valence-electron chi connectivity index (χ2n) is 5.07. The van der Waals surface area contributed by atoms with Crippen molar-refractivity contribution < 1.29 is 9.90 Å². The summed E-state index contributed by atoms with van der Waals surface area (Å²) in [4.78, 5) is 13.5. The van der Waals surface area contributed by atoms with Crippen LogP contribution in [0.1, 0.15) is 19.4 Å². The Morgan fingerprint density at radius 3 is 2.50 bits per heavy atom. The highest BCUT2D eigenvalue weighted by Gasteiger charge is 2.44. The number of rotatable bonds is 2. The van der Waals surface area contributed by atoms with Crippen LogP contribution >= 0.6 is 0 Å². The Kier molecular flexibility index (Phi) is 2.72. The fourth-order valence-electron chi connectivity index (χ4n) is 2.10. The van der Waals surface area contributed by atoms with Crippen molar-refractivity contribution >= 4 is 5.91 Å². The van der Waals surface area contributed by atoms with Crippen molar-refractivity contribution in [3.63, 3.8) is 0 Å². The number of carbonyl (C=O) groups excluding carboxylic acids is 1. The molecule has 86 valence electrons. The predicted octanol–water partition coefficient (Wildman–Crippen LogP) is 1.42. The maximum absolute atomic E-state index is 11.8. The fourth-order valence-corrected chi connectivity index (χ4v) is 2.10. The number of hydrogen-bond acceptors (Lipinski definition) is 2. The number of hydrogen-bond donors (Lipinski definition) is 1. The summed E-state index contributed by atoms with van der Waals surface area (Å²) in [6.07, 6.45) is -0.865. The van der Waals surface area contributed by atoms with Crippen LogP contribution in [-0.2, 0) is 11.3 Å². The zero-order valence-corrected chi connectivity index (χ0v) is 9.68. The highest BCUT2D eigenvalue weighted by molar-refractivity contribution is 5.84. The number of nitrogens with zero attached hydrogens (tertiary/aromatic N) is 1. The van der Waals surface area contributed by atoms with Gasteiger partial charge in [0.1, 0.15) is 6.10 Å². The Bertz CT molecular complexity index is 386. The summed E-state index contributed by atoms with van der Waals surface area (Å²) >= 11 is 0. The molecule has 1 atom stereocenters. The van der Waals surface area contributed by atoms with Gasteiger partial charge in [0.05, 0.1) is 0 Å². The summed E-state index contributed by atoms with van der Waals surface area (Å²) in [5.74, 6) is -0.158. The molecule has 0 bridgehead atoms. The topological polar surface area (TPSA) is 40.5 Å². The van der Waals surface area contributed by atoms with E-state index in [1.165, 1.54) is 0 Å². The van der Waals surface area contributed by atoms with E-state index in [0.29, 0.717) is 13.1 Å². The summed E-state index contributed by atoms with van der Waals surface area (Å²) in [6, 6.07) is 9.85. The van der Waals surface area contributed by atoms with Crippen LogP contribution in [0, 0.1) is 5.41 Å². The average molecular weight is 219 g/mol. The molecule has 3 nitrogen and oxygen atoms in total. The average Bonchev–Trinajstić information content (AvgIpc) is 2.44. The number of carbonyl (C=O) groups is 1. The lowest BCUT2D eigenvalue weighted by atomic mass is 9.90. The van der Waals surface area contributed by atoms with Crippen molar-refractivity contribution in [3.05, 3.63) is 35.9 Å². The molecule has 1 N–H and O–H groups in total. The standard InChI is InChI=1S/C13H17NO2/c1-13(2)9-14(12(16)11(13)15)8-10-6-4-3-5-7-10/h3-7,11,15H,8-9H2,1-2H3/t11-/m0/s1. The molecule has 2 rings (SSSR count). The molecule has 1 aliphatic heterocycles. The van der Waals surface area contributed by atoms with Gasteiger partial charge in [-0.05, 0) is 5.56 Å². The fraction of sp³-hybridized carbons (Fsp3) is 0.462. The maximum Gasteiger partial charge on any atom is 0.252 e. The van der Waals surface area contributed by atoms with Gasteiger partial charge in [-0.25, -0.2) is 0 Å². The van der Waals surface area contributed by atoms with Crippen LogP contribution in [0.15, 0.2) is 30.3 Å². The van der Waals surface area contributed by atoms with Crippen molar-refractivity contribution in [2.24, 2.45) is 5.41 Å². The van der Waals surface area contributed by atoms with Crippen molar-refractivity contribution in [1.29, 1.82) is 0 Å². The van der Waals surface area contributed by atoms with Crippen LogP contribution in [0.5, 0.6) is 0 Å². The quantitative estimate of drug-likeness (QED) is 0.817. The second kappa shape index (κ2) is 3.91. The molecule has 1 saturated heterocycles. The summed E-state index contributed by atoms with van der Waals surface area (Å²) in [5.41, 5.74) is 0.757. The van der Waals surface area contributed by atoms with Gasteiger partial charge < -0.3 is 10.0 Å². The van der Waals surface area contributed by atoms with Gasteiger partial charge in [0.15, 0.2) is 0 Å². The van der Waals surface area contributed by atoms with Crippen molar-refractivity contribution in [3.8, 4) is 0 Å². The van der Waals surface area contributed by atoms with Crippen LogP contribution in [0.4, 0.5) is 0 Å². The van der Waals surface area contributed by atoms with E-state index in [-0.39, 0.29) is 11.3 Å². The van der Waals surface area contributed by atoms with Gasteiger partial charge in [0.2, 0.25) is 0 Å². The first-order valence-electron chi connectivity index (χ1n) is 5.51. The smallest absolute Gasteiger partial charge is 0.252 e. The van der Waals surface area contributed by atoms with Gasteiger partial charge in [0.25, 0.3) is 5.91 Å². The molecule has 1 aliphatic rings. The first kappa shape index (κ1) is 11.1. The first-order chi connectivity index (χ1) is 7.50. The Morgan fingerprint density at radius 2 is 2.00 bits per heavy atom. The first-order valence-corrected chi connectivity index (χ1v) is 5.51. The largest absolute Gasteiger partial charge is 0.383 e. The Hall–Kier alpha value is -1.35. The molecule has 0 aromatic heterocycles. The summed E-state index contributed by atoms with van der Waals surface area (Å²) in [7, 11) is 0. The molecule has 1 amide bonds. The molecular weight excluding hydrogens is 202 g/mol. The molecular formula is C13H17NO2. The van der Waals surface area contributed by atoms with Crippen LogP contribution in [0.3, 0.4) is 0 Å². The summed E-state index contributed by atoms with van der Waals surface area (Å²) < 4.78 is 0. The Balaban J connectivity index is 2.11. The van der Waals surface area contributed by atoms with Gasteiger partial charge in [-0.15, -0.1) is 0 Å². The lowest BCUT2D eigenvalue weighted by Gasteiger charge is -2.20. The molecule has 0 unspecified atom stereocenters. The third-order valence-corrected chi connectivity index (χ3v) is 3.10. The van der Waals surface area contributed by atoms with Crippen LogP contribution in [0.25, 0.3) is 0 Å². The van der Waals surface area contributed by atoms with Gasteiger partial charge in [0, 0.05) is 18.5 Å². The third-order valence-electron chi connectivity index (χ3n) is 3.10. The molecule has 3 heteroatoms. The van der Waals surface area contributed by atoms with Crippen molar-refractivity contribution in [2.45, 2.75) is 26.5 Å². The normalized spacial score (nSPS) is 23.8. The maximum atomic E-state index is 11.8. The number of benzene rings is 1. The van der Waals surface area contributed by atoms with Crippen LogP contribution in [0.2, 0.25) is 0 Å². The summed E-state index contributed by atoms with van der Waals surface area (Å²) in [6.45, 7) is 5.03. The van der Waals surface area contributed by atoms with E-state index < -0.39 is 6.10 Å². The van der Waals surface area contributed by atoms with E-state index in [9.17, 15) is 9.90 Å². The number of likely N-dealkylation sites (tertiary alicyclic amines) is 1. The van der Waals surface area contributed by atoms with E-state index in [1.54, 1.807) is 4.90 Å². The lowest BCUT2D eigenvalue weighted by molar-refractivity contribution is -0.136. The SMILES string of the molecule is CC1(C)CN(Cc2ccccc2)C(=O)[C@@H]1O. The van der Waals surface area contributed by atoms with E-state index in [0.717, 1.165) is 5.56 Å². The summed E-state index contributed by atoms with van der Waals surface area (Å²) in [5, 5.41) is 9.78. The third kappa shape index (κ3) is 1.95. The Labute approximate surface area is 95.7 Å². The van der Waals surface area contributed by atoms with E-state index in [2.05, 4.69) is 0 Å². The monoisotopic (exact) mass is 219 g/mol. The zero-order valence-electron chi connectivity index (χ0n) is 9.68. The molecule has 1 aromatic carbocycles. The molecule has 16 heavy (non-hydrogen) atoms. The molecule has 1 heterocycles. The van der Waals surface area contributed by atoms with Crippen LogP contribution in [-0.4, -0.2) is 28.6 Å². The van der Waals surface area contributed by atoms with Crippen molar-refractivity contribution in [1.82, 2.24) is 4.90 Å². The van der Waals surface area contributed by atoms with Gasteiger partial charge in [-0.3, -0.25) is 4.79 Å². The lowest BCUT2D eigenvalue weighted by Crippen LogP contribution is -2.30. The number of aliphatic hydroxyl groups excluding tert-OH is 1. The number of amides is 1. The van der Waals surface area contributed by atoms with E-state index in [1.807, 2.05) is 44.2 Å². The molecule has 0 radical (unpaired) electrons. The molecule has 0 aliphatic carbocycles. The molecule has 0 saturated carbocycles.